The molecule has 0 aliphatic rings. The van der Waals surface area contributed by atoms with Crippen LogP contribution in [0.15, 0.2) is 24.5 Å². The van der Waals surface area contributed by atoms with Crippen LogP contribution in [0.1, 0.15) is 50.1 Å². The third-order valence-electron chi connectivity index (χ3n) is 4.16. The maximum Gasteiger partial charge on any atom is 0.159 e. The molecule has 0 spiro atoms. The van der Waals surface area contributed by atoms with Crippen LogP contribution in [0.3, 0.4) is 0 Å². The van der Waals surface area contributed by atoms with E-state index >= 15 is 0 Å². The van der Waals surface area contributed by atoms with Crippen molar-refractivity contribution >= 4 is 11.2 Å². The van der Waals surface area contributed by atoms with Crippen molar-refractivity contribution < 1.29 is 0 Å². The largest absolute Gasteiger partial charge is 0.331 e. The number of pyridine rings is 1. The van der Waals surface area contributed by atoms with Gasteiger partial charge < -0.3 is 4.57 Å². The molecule has 4 heteroatoms. The Bertz CT molecular complexity index is 829. The van der Waals surface area contributed by atoms with Crippen molar-refractivity contribution in [2.24, 2.45) is 0 Å². The van der Waals surface area contributed by atoms with E-state index in [-0.39, 0.29) is 0 Å². The summed E-state index contributed by atoms with van der Waals surface area (Å²) in [4.78, 5) is 14.3. The van der Waals surface area contributed by atoms with E-state index in [0.717, 1.165) is 46.8 Å². The number of hydrogen-bond acceptors (Lipinski definition) is 3. The molecule has 0 radical (unpaired) electrons. The number of aromatic nitrogens is 4. The zero-order chi connectivity index (χ0) is 16.6. The number of nitrogens with zero attached hydrogens (tertiary/aromatic N) is 4. The number of rotatable bonds is 4. The molecule has 0 saturated carbocycles. The topological polar surface area (TPSA) is 43.6 Å². The summed E-state index contributed by atoms with van der Waals surface area (Å²) >= 11 is 0. The maximum absolute atomic E-state index is 4.90. The van der Waals surface area contributed by atoms with Crippen LogP contribution in [0, 0.1) is 13.8 Å². The molecule has 0 aromatic carbocycles. The van der Waals surface area contributed by atoms with Gasteiger partial charge in [-0.3, -0.25) is 4.98 Å². The minimum atomic E-state index is 0.434. The Labute approximate surface area is 137 Å². The molecule has 3 rings (SSSR count). The van der Waals surface area contributed by atoms with E-state index in [4.69, 9.17) is 9.97 Å². The standard InChI is InChI=1S/C19H24N4/c1-6-9-23-11-13(4)17-19(23)21-14(5)18(22-17)15-7-8-16(12(2)3)20-10-15/h7-8,10-12H,6,9H2,1-5H3. The van der Waals surface area contributed by atoms with E-state index in [2.05, 4.69) is 55.6 Å². The first-order valence-electron chi connectivity index (χ1n) is 8.31. The average Bonchev–Trinajstić information content (AvgIpc) is 2.82. The van der Waals surface area contributed by atoms with Gasteiger partial charge in [0.15, 0.2) is 5.65 Å². The lowest BCUT2D eigenvalue weighted by Crippen LogP contribution is -2.00. The van der Waals surface area contributed by atoms with Gasteiger partial charge in [-0.05, 0) is 43.9 Å². The molecule has 0 atom stereocenters. The fourth-order valence-electron chi connectivity index (χ4n) is 2.90. The Morgan fingerprint density at radius 1 is 1.13 bits per heavy atom. The van der Waals surface area contributed by atoms with Crippen LogP contribution < -0.4 is 0 Å². The summed E-state index contributed by atoms with van der Waals surface area (Å²) in [5, 5.41) is 0. The van der Waals surface area contributed by atoms with E-state index in [0.29, 0.717) is 5.92 Å². The lowest BCUT2D eigenvalue weighted by molar-refractivity contribution is 0.695. The fourth-order valence-corrected chi connectivity index (χ4v) is 2.90. The van der Waals surface area contributed by atoms with E-state index in [1.54, 1.807) is 0 Å². The smallest absolute Gasteiger partial charge is 0.159 e. The number of aryl methyl sites for hydroxylation is 3. The molecule has 0 unspecified atom stereocenters. The Hall–Kier alpha value is -2.23. The predicted octanol–water partition coefficient (Wildman–Crippen LogP) is 4.64. The molecular weight excluding hydrogens is 284 g/mol. The molecule has 3 heterocycles. The van der Waals surface area contributed by atoms with Crippen LogP contribution in [-0.4, -0.2) is 19.5 Å². The van der Waals surface area contributed by atoms with Gasteiger partial charge in [-0.1, -0.05) is 20.8 Å². The SMILES string of the molecule is CCCn1cc(C)c2nc(-c3ccc(C(C)C)nc3)c(C)nc21. The molecular formula is C19H24N4. The first-order chi connectivity index (χ1) is 11.0. The van der Waals surface area contributed by atoms with Crippen molar-refractivity contribution in [1.29, 1.82) is 0 Å². The summed E-state index contributed by atoms with van der Waals surface area (Å²) in [6.45, 7) is 11.6. The van der Waals surface area contributed by atoms with Crippen LogP contribution >= 0.6 is 0 Å². The lowest BCUT2D eigenvalue weighted by atomic mass is 10.1. The molecule has 0 fully saturated rings. The third kappa shape index (κ3) is 2.85. The highest BCUT2D eigenvalue weighted by Crippen LogP contribution is 2.26. The van der Waals surface area contributed by atoms with Crippen LogP contribution in [-0.2, 0) is 6.54 Å². The summed E-state index contributed by atoms with van der Waals surface area (Å²) in [7, 11) is 0. The molecule has 0 aliphatic carbocycles. The summed E-state index contributed by atoms with van der Waals surface area (Å²) < 4.78 is 2.20. The minimum absolute atomic E-state index is 0.434. The van der Waals surface area contributed by atoms with Gasteiger partial charge >= 0.3 is 0 Å². The van der Waals surface area contributed by atoms with E-state index < -0.39 is 0 Å². The van der Waals surface area contributed by atoms with Crippen molar-refractivity contribution in [2.45, 2.75) is 53.5 Å². The van der Waals surface area contributed by atoms with Crippen LogP contribution in [0.4, 0.5) is 0 Å². The van der Waals surface area contributed by atoms with Crippen molar-refractivity contribution in [3.8, 4) is 11.3 Å². The van der Waals surface area contributed by atoms with Crippen molar-refractivity contribution in [1.82, 2.24) is 19.5 Å². The number of fused-ring (bicyclic) bond motifs is 1. The van der Waals surface area contributed by atoms with Gasteiger partial charge in [0, 0.05) is 30.2 Å². The van der Waals surface area contributed by atoms with E-state index in [9.17, 15) is 0 Å². The second-order valence-electron chi connectivity index (χ2n) is 6.46. The number of hydrogen-bond donors (Lipinski definition) is 0. The average molecular weight is 308 g/mol. The maximum atomic E-state index is 4.90. The highest BCUT2D eigenvalue weighted by molar-refractivity contribution is 5.79. The summed E-state index contributed by atoms with van der Waals surface area (Å²) in [6, 6.07) is 4.18. The fraction of sp³-hybridized carbons (Fsp3) is 0.421. The summed E-state index contributed by atoms with van der Waals surface area (Å²) in [6.07, 6.45) is 5.15. The van der Waals surface area contributed by atoms with Gasteiger partial charge in [0.25, 0.3) is 0 Å². The molecule has 0 amide bonds. The predicted molar refractivity (Wildman–Crippen MR) is 94.6 cm³/mol. The highest BCUT2D eigenvalue weighted by atomic mass is 15.1. The molecule has 23 heavy (non-hydrogen) atoms. The summed E-state index contributed by atoms with van der Waals surface area (Å²) in [5.74, 6) is 0.434. The molecule has 0 bridgehead atoms. The second kappa shape index (κ2) is 6.11. The first-order valence-corrected chi connectivity index (χ1v) is 8.31. The molecule has 120 valence electrons. The minimum Gasteiger partial charge on any atom is -0.331 e. The highest BCUT2D eigenvalue weighted by Gasteiger charge is 2.14. The van der Waals surface area contributed by atoms with Crippen LogP contribution in [0.2, 0.25) is 0 Å². The zero-order valence-electron chi connectivity index (χ0n) is 14.6. The van der Waals surface area contributed by atoms with Crippen molar-refractivity contribution in [3.05, 3.63) is 41.5 Å². The molecule has 3 aromatic rings. The Kier molecular flexibility index (Phi) is 4.16. The van der Waals surface area contributed by atoms with Crippen molar-refractivity contribution in [2.75, 3.05) is 0 Å². The molecule has 4 nitrogen and oxygen atoms in total. The van der Waals surface area contributed by atoms with E-state index in [1.165, 1.54) is 5.56 Å². The van der Waals surface area contributed by atoms with Crippen LogP contribution in [0.25, 0.3) is 22.4 Å². The molecule has 0 N–H and O–H groups in total. The Morgan fingerprint density at radius 2 is 1.91 bits per heavy atom. The quantitative estimate of drug-likeness (QED) is 0.705. The lowest BCUT2D eigenvalue weighted by Gasteiger charge is -2.09. The second-order valence-corrected chi connectivity index (χ2v) is 6.46. The summed E-state index contributed by atoms with van der Waals surface area (Å²) in [5.41, 5.74) is 7.16. The molecule has 0 aliphatic heterocycles. The Morgan fingerprint density at radius 3 is 2.52 bits per heavy atom. The van der Waals surface area contributed by atoms with Crippen LogP contribution in [0.5, 0.6) is 0 Å². The molecule has 0 saturated heterocycles. The monoisotopic (exact) mass is 308 g/mol. The molecule has 3 aromatic heterocycles. The first kappa shape index (κ1) is 15.7. The van der Waals surface area contributed by atoms with Gasteiger partial charge in [0.1, 0.15) is 5.52 Å². The normalized spacial score (nSPS) is 11.6. The van der Waals surface area contributed by atoms with E-state index in [1.807, 2.05) is 13.1 Å². The Balaban J connectivity index is 2.11. The third-order valence-corrected chi connectivity index (χ3v) is 4.16. The van der Waals surface area contributed by atoms with Gasteiger partial charge in [0.2, 0.25) is 0 Å². The van der Waals surface area contributed by atoms with Gasteiger partial charge in [-0.15, -0.1) is 0 Å². The van der Waals surface area contributed by atoms with Gasteiger partial charge in [-0.2, -0.15) is 0 Å². The zero-order valence-corrected chi connectivity index (χ0v) is 14.6. The van der Waals surface area contributed by atoms with Gasteiger partial charge in [-0.25, -0.2) is 9.97 Å². The van der Waals surface area contributed by atoms with Gasteiger partial charge in [0.05, 0.1) is 11.4 Å². The van der Waals surface area contributed by atoms with Crippen molar-refractivity contribution in [3.63, 3.8) is 0 Å².